The Morgan fingerprint density at radius 3 is 3.12 bits per heavy atom. The van der Waals surface area contributed by atoms with Crippen LogP contribution in [0.15, 0.2) is 35.8 Å². The lowest BCUT2D eigenvalue weighted by Crippen LogP contribution is -2.35. The first-order valence-electron chi connectivity index (χ1n) is 5.73. The number of fused-ring (bicyclic) bond motifs is 3. The molecular formula is C13H15N3O. The van der Waals surface area contributed by atoms with Gasteiger partial charge in [-0.2, -0.15) is 0 Å². The molecule has 2 heterocycles. The van der Waals surface area contributed by atoms with E-state index in [1.165, 1.54) is 11.4 Å². The average Bonchev–Trinajstić information content (AvgIpc) is 2.92. The standard InChI is InChI=1S/C13H15N3O/c1-3-7-15-11-5-4-10(17-2)9-12(11)16-8-6-14-13(15)16/h3-5,9H,1,6-8H2,2H3. The first kappa shape index (κ1) is 10.2. The Labute approximate surface area is 101 Å². The lowest BCUT2D eigenvalue weighted by atomic mass is 10.2. The molecule has 0 aromatic heterocycles. The van der Waals surface area contributed by atoms with Crippen molar-refractivity contribution in [3.63, 3.8) is 0 Å². The Morgan fingerprint density at radius 2 is 2.35 bits per heavy atom. The molecule has 0 N–H and O–H groups in total. The smallest absolute Gasteiger partial charge is 0.206 e. The van der Waals surface area contributed by atoms with Crippen LogP contribution in [-0.4, -0.2) is 32.7 Å². The summed E-state index contributed by atoms with van der Waals surface area (Å²) in [7, 11) is 1.69. The van der Waals surface area contributed by atoms with Crippen molar-refractivity contribution in [2.75, 3.05) is 36.5 Å². The van der Waals surface area contributed by atoms with E-state index in [0.29, 0.717) is 0 Å². The van der Waals surface area contributed by atoms with Crippen molar-refractivity contribution in [3.05, 3.63) is 30.9 Å². The van der Waals surface area contributed by atoms with Gasteiger partial charge in [-0.1, -0.05) is 6.08 Å². The van der Waals surface area contributed by atoms with Gasteiger partial charge in [0.1, 0.15) is 5.75 Å². The molecular weight excluding hydrogens is 214 g/mol. The van der Waals surface area contributed by atoms with Crippen molar-refractivity contribution in [1.29, 1.82) is 0 Å². The topological polar surface area (TPSA) is 28.1 Å². The fourth-order valence-corrected chi connectivity index (χ4v) is 2.39. The number of aliphatic imine (C=N–C) groups is 1. The third kappa shape index (κ3) is 1.40. The summed E-state index contributed by atoms with van der Waals surface area (Å²) < 4.78 is 5.28. The Morgan fingerprint density at radius 1 is 1.47 bits per heavy atom. The SMILES string of the molecule is C=CCN1C2=NCCN2c2cc(OC)ccc21. The quantitative estimate of drug-likeness (QED) is 0.741. The molecule has 4 nitrogen and oxygen atoms in total. The van der Waals surface area contributed by atoms with Gasteiger partial charge in [0.15, 0.2) is 0 Å². The van der Waals surface area contributed by atoms with Crippen molar-refractivity contribution in [3.8, 4) is 5.75 Å². The molecule has 0 saturated carbocycles. The molecule has 17 heavy (non-hydrogen) atoms. The van der Waals surface area contributed by atoms with Crippen LogP contribution in [0.2, 0.25) is 0 Å². The van der Waals surface area contributed by atoms with Crippen molar-refractivity contribution in [2.24, 2.45) is 4.99 Å². The van der Waals surface area contributed by atoms with Crippen LogP contribution < -0.4 is 14.5 Å². The zero-order valence-corrected chi connectivity index (χ0v) is 9.89. The lowest BCUT2D eigenvalue weighted by Gasteiger charge is -2.16. The average molecular weight is 229 g/mol. The van der Waals surface area contributed by atoms with Gasteiger partial charge in [-0.15, -0.1) is 6.58 Å². The van der Waals surface area contributed by atoms with Gasteiger partial charge in [-0.25, -0.2) is 0 Å². The number of benzene rings is 1. The maximum Gasteiger partial charge on any atom is 0.206 e. The minimum atomic E-state index is 0.786. The number of methoxy groups -OCH3 is 1. The van der Waals surface area contributed by atoms with Crippen LogP contribution >= 0.6 is 0 Å². The molecule has 2 aliphatic heterocycles. The van der Waals surface area contributed by atoms with E-state index in [4.69, 9.17) is 4.74 Å². The highest BCUT2D eigenvalue weighted by atomic mass is 16.5. The number of hydrogen-bond donors (Lipinski definition) is 0. The van der Waals surface area contributed by atoms with Crippen molar-refractivity contribution < 1.29 is 4.74 Å². The number of nitrogens with zero attached hydrogens (tertiary/aromatic N) is 3. The van der Waals surface area contributed by atoms with Gasteiger partial charge < -0.3 is 14.5 Å². The highest BCUT2D eigenvalue weighted by Gasteiger charge is 2.34. The third-order valence-corrected chi connectivity index (χ3v) is 3.14. The molecule has 0 spiro atoms. The fraction of sp³-hybridized carbons (Fsp3) is 0.308. The largest absolute Gasteiger partial charge is 0.497 e. The van der Waals surface area contributed by atoms with Crippen LogP contribution in [0.25, 0.3) is 0 Å². The second-order valence-corrected chi connectivity index (χ2v) is 4.09. The molecule has 0 bridgehead atoms. The van der Waals surface area contributed by atoms with Crippen LogP contribution in [0.5, 0.6) is 5.75 Å². The Kier molecular flexibility index (Phi) is 2.28. The Balaban J connectivity index is 2.09. The summed E-state index contributed by atoms with van der Waals surface area (Å²) >= 11 is 0. The zero-order chi connectivity index (χ0) is 11.8. The van der Waals surface area contributed by atoms with Crippen LogP contribution in [-0.2, 0) is 0 Å². The summed E-state index contributed by atoms with van der Waals surface area (Å²) in [5.74, 6) is 1.92. The summed E-state index contributed by atoms with van der Waals surface area (Å²) in [5, 5.41) is 0. The van der Waals surface area contributed by atoms with Gasteiger partial charge in [0, 0.05) is 19.2 Å². The van der Waals surface area contributed by atoms with Crippen LogP contribution in [0.4, 0.5) is 11.4 Å². The first-order valence-corrected chi connectivity index (χ1v) is 5.73. The molecule has 1 aromatic carbocycles. The predicted octanol–water partition coefficient (Wildman–Crippen LogP) is 1.88. The van der Waals surface area contributed by atoms with Crippen LogP contribution in [0.3, 0.4) is 0 Å². The molecule has 0 fully saturated rings. The third-order valence-electron chi connectivity index (χ3n) is 3.14. The molecule has 0 radical (unpaired) electrons. The van der Waals surface area contributed by atoms with E-state index >= 15 is 0 Å². The maximum absolute atomic E-state index is 5.28. The first-order chi connectivity index (χ1) is 8.35. The molecule has 0 amide bonds. The van der Waals surface area contributed by atoms with Gasteiger partial charge in [-0.3, -0.25) is 4.99 Å². The van der Waals surface area contributed by atoms with E-state index in [-0.39, 0.29) is 0 Å². The summed E-state index contributed by atoms with van der Waals surface area (Å²) in [5.41, 5.74) is 2.37. The molecule has 3 rings (SSSR count). The van der Waals surface area contributed by atoms with Gasteiger partial charge in [0.2, 0.25) is 5.96 Å². The minimum Gasteiger partial charge on any atom is -0.497 e. The summed E-state index contributed by atoms with van der Waals surface area (Å²) in [6, 6.07) is 6.13. The molecule has 0 atom stereocenters. The number of anilines is 2. The lowest BCUT2D eigenvalue weighted by molar-refractivity contribution is 0.415. The predicted molar refractivity (Wildman–Crippen MR) is 70.2 cm³/mol. The summed E-state index contributed by atoms with van der Waals surface area (Å²) in [4.78, 5) is 8.97. The van der Waals surface area contributed by atoms with E-state index in [0.717, 1.165) is 31.3 Å². The molecule has 2 aliphatic rings. The number of ether oxygens (including phenoxy) is 1. The van der Waals surface area contributed by atoms with E-state index in [1.54, 1.807) is 7.11 Å². The monoisotopic (exact) mass is 229 g/mol. The van der Waals surface area contributed by atoms with Crippen molar-refractivity contribution in [2.45, 2.75) is 0 Å². The second kappa shape index (κ2) is 3.80. The van der Waals surface area contributed by atoms with Gasteiger partial charge in [-0.05, 0) is 12.1 Å². The number of guanidine groups is 1. The van der Waals surface area contributed by atoms with Crippen LogP contribution in [0, 0.1) is 0 Å². The highest BCUT2D eigenvalue weighted by Crippen LogP contribution is 2.40. The molecule has 4 heteroatoms. The molecule has 0 aliphatic carbocycles. The van der Waals surface area contributed by atoms with E-state index < -0.39 is 0 Å². The van der Waals surface area contributed by atoms with E-state index in [1.807, 2.05) is 12.1 Å². The van der Waals surface area contributed by atoms with E-state index in [2.05, 4.69) is 33.5 Å². The number of hydrogen-bond acceptors (Lipinski definition) is 4. The van der Waals surface area contributed by atoms with Gasteiger partial charge >= 0.3 is 0 Å². The molecule has 0 saturated heterocycles. The van der Waals surface area contributed by atoms with Gasteiger partial charge in [0.25, 0.3) is 0 Å². The molecule has 88 valence electrons. The Hall–Kier alpha value is -1.97. The number of rotatable bonds is 3. The Bertz CT molecular complexity index is 495. The highest BCUT2D eigenvalue weighted by molar-refractivity contribution is 6.17. The molecule has 0 unspecified atom stereocenters. The van der Waals surface area contributed by atoms with Crippen molar-refractivity contribution in [1.82, 2.24) is 0 Å². The summed E-state index contributed by atoms with van der Waals surface area (Å²) in [6.07, 6.45) is 1.90. The van der Waals surface area contributed by atoms with Crippen LogP contribution in [0.1, 0.15) is 0 Å². The van der Waals surface area contributed by atoms with Crippen molar-refractivity contribution >= 4 is 17.3 Å². The zero-order valence-electron chi connectivity index (χ0n) is 9.89. The fourth-order valence-electron chi connectivity index (χ4n) is 2.39. The maximum atomic E-state index is 5.28. The van der Waals surface area contributed by atoms with E-state index in [9.17, 15) is 0 Å². The molecule has 1 aromatic rings. The summed E-state index contributed by atoms with van der Waals surface area (Å²) in [6.45, 7) is 6.40. The normalized spacial score (nSPS) is 16.6. The second-order valence-electron chi connectivity index (χ2n) is 4.09. The minimum absolute atomic E-state index is 0.786. The van der Waals surface area contributed by atoms with Gasteiger partial charge in [0.05, 0.1) is 25.0 Å².